The van der Waals surface area contributed by atoms with E-state index in [0.717, 1.165) is 18.4 Å². The third-order valence-corrected chi connectivity index (χ3v) is 5.58. The molecule has 2 saturated heterocycles. The number of thiophene rings is 1. The van der Waals surface area contributed by atoms with Gasteiger partial charge < -0.3 is 4.90 Å². The molecule has 2 fully saturated rings. The summed E-state index contributed by atoms with van der Waals surface area (Å²) in [5.41, 5.74) is 3.03. The van der Waals surface area contributed by atoms with Gasteiger partial charge in [0.05, 0.1) is 0 Å². The van der Waals surface area contributed by atoms with E-state index in [1.807, 2.05) is 34.5 Å². The number of piperidine rings is 1. The Morgan fingerprint density at radius 3 is 2.32 bits per heavy atom. The highest BCUT2D eigenvalue weighted by molar-refractivity contribution is 7.08. The molecule has 0 radical (unpaired) electrons. The Bertz CT molecular complexity index is 653. The summed E-state index contributed by atoms with van der Waals surface area (Å²) in [6.07, 6.45) is 2.18. The third kappa shape index (κ3) is 2.35. The fourth-order valence-electron chi connectivity index (χ4n) is 3.83. The van der Waals surface area contributed by atoms with Gasteiger partial charge in [-0.2, -0.15) is 11.3 Å². The minimum atomic E-state index is -0.734. The highest BCUT2D eigenvalue weighted by Gasteiger charge is 2.43. The number of hydrogen-bond donors (Lipinski definition) is 0. The largest absolute Gasteiger partial charge is 0.332 e. The molecule has 2 bridgehead atoms. The van der Waals surface area contributed by atoms with Gasteiger partial charge in [-0.25, -0.2) is 4.39 Å². The molecule has 0 spiro atoms. The minimum Gasteiger partial charge on any atom is -0.332 e. The molecule has 0 saturated carbocycles. The SMILES string of the molecule is O=C(c1ccc(-c2ccsc2)cc1)N1C2CCC1CC(F)C2. The Morgan fingerprint density at radius 1 is 1.05 bits per heavy atom. The molecule has 4 heteroatoms. The number of nitrogens with zero attached hydrogens (tertiary/aromatic N) is 1. The van der Waals surface area contributed by atoms with Crippen molar-refractivity contribution in [2.45, 2.75) is 43.9 Å². The first-order valence-electron chi connectivity index (χ1n) is 7.82. The second-order valence-corrected chi connectivity index (χ2v) is 7.04. The van der Waals surface area contributed by atoms with Crippen molar-refractivity contribution in [2.75, 3.05) is 0 Å². The van der Waals surface area contributed by atoms with Crippen molar-refractivity contribution in [3.8, 4) is 11.1 Å². The molecule has 114 valence electrons. The monoisotopic (exact) mass is 315 g/mol. The average Bonchev–Trinajstić information content (AvgIpc) is 3.14. The van der Waals surface area contributed by atoms with Crippen LogP contribution < -0.4 is 0 Å². The van der Waals surface area contributed by atoms with E-state index in [9.17, 15) is 9.18 Å². The number of amides is 1. The van der Waals surface area contributed by atoms with Crippen LogP contribution in [0.15, 0.2) is 41.1 Å². The Balaban J connectivity index is 1.56. The van der Waals surface area contributed by atoms with E-state index >= 15 is 0 Å². The van der Waals surface area contributed by atoms with Crippen molar-refractivity contribution in [3.63, 3.8) is 0 Å². The molecule has 2 nitrogen and oxygen atoms in total. The van der Waals surface area contributed by atoms with Gasteiger partial charge in [0.2, 0.25) is 0 Å². The molecule has 3 heterocycles. The van der Waals surface area contributed by atoms with Gasteiger partial charge in [0.1, 0.15) is 6.17 Å². The van der Waals surface area contributed by atoms with Crippen LogP contribution in [0.2, 0.25) is 0 Å². The van der Waals surface area contributed by atoms with E-state index in [1.165, 1.54) is 5.56 Å². The normalized spacial score (nSPS) is 27.1. The number of hydrogen-bond acceptors (Lipinski definition) is 2. The van der Waals surface area contributed by atoms with Crippen LogP contribution in [0.3, 0.4) is 0 Å². The maximum absolute atomic E-state index is 13.6. The lowest BCUT2D eigenvalue weighted by atomic mass is 9.99. The Kier molecular flexibility index (Phi) is 3.49. The summed E-state index contributed by atoms with van der Waals surface area (Å²) in [6, 6.07) is 10.1. The summed E-state index contributed by atoms with van der Waals surface area (Å²) >= 11 is 1.67. The molecular weight excluding hydrogens is 297 g/mol. The number of halogens is 1. The van der Waals surface area contributed by atoms with Gasteiger partial charge in [0.15, 0.2) is 0 Å². The number of benzene rings is 1. The van der Waals surface area contributed by atoms with Gasteiger partial charge in [-0.15, -0.1) is 0 Å². The first-order valence-corrected chi connectivity index (χ1v) is 8.76. The van der Waals surface area contributed by atoms with E-state index in [-0.39, 0.29) is 18.0 Å². The van der Waals surface area contributed by atoms with Crippen LogP contribution in [-0.4, -0.2) is 29.1 Å². The predicted octanol–water partition coefficient (Wildman–Crippen LogP) is 4.52. The molecule has 0 aliphatic carbocycles. The molecule has 1 aromatic carbocycles. The second-order valence-electron chi connectivity index (χ2n) is 6.26. The third-order valence-electron chi connectivity index (χ3n) is 4.90. The van der Waals surface area contributed by atoms with Crippen LogP contribution in [0.4, 0.5) is 4.39 Å². The number of fused-ring (bicyclic) bond motifs is 2. The summed E-state index contributed by atoms with van der Waals surface area (Å²) in [5.74, 6) is 0.0660. The molecule has 2 aliphatic heterocycles. The molecule has 4 rings (SSSR count). The summed E-state index contributed by atoms with van der Waals surface area (Å²) in [6.45, 7) is 0. The molecule has 1 amide bonds. The first kappa shape index (κ1) is 13.9. The molecule has 2 unspecified atom stereocenters. The van der Waals surface area contributed by atoms with Crippen molar-refractivity contribution < 1.29 is 9.18 Å². The maximum atomic E-state index is 13.6. The lowest BCUT2D eigenvalue weighted by Gasteiger charge is -2.36. The molecular formula is C18H18FNOS. The van der Waals surface area contributed by atoms with Crippen LogP contribution in [0.5, 0.6) is 0 Å². The average molecular weight is 315 g/mol. The van der Waals surface area contributed by atoms with Crippen molar-refractivity contribution in [1.82, 2.24) is 4.90 Å². The first-order chi connectivity index (χ1) is 10.7. The molecule has 2 aliphatic rings. The van der Waals surface area contributed by atoms with E-state index in [4.69, 9.17) is 0 Å². The van der Waals surface area contributed by atoms with Crippen LogP contribution in [0.1, 0.15) is 36.0 Å². The number of carbonyl (C=O) groups is 1. The standard InChI is InChI=1S/C18H18FNOS/c19-15-9-16-5-6-17(10-15)20(16)18(21)13-3-1-12(2-4-13)14-7-8-22-11-14/h1-4,7-8,11,15-17H,5-6,9-10H2. The van der Waals surface area contributed by atoms with Gasteiger partial charge in [-0.1, -0.05) is 12.1 Å². The van der Waals surface area contributed by atoms with Crippen molar-refractivity contribution >= 4 is 17.2 Å². The fourth-order valence-corrected chi connectivity index (χ4v) is 4.49. The summed E-state index contributed by atoms with van der Waals surface area (Å²) in [4.78, 5) is 14.7. The quantitative estimate of drug-likeness (QED) is 0.798. The van der Waals surface area contributed by atoms with E-state index in [1.54, 1.807) is 11.3 Å². The summed E-state index contributed by atoms with van der Waals surface area (Å²) in [5, 5.41) is 4.15. The molecule has 2 aromatic rings. The molecule has 2 atom stereocenters. The van der Waals surface area contributed by atoms with Crippen molar-refractivity contribution in [2.24, 2.45) is 0 Å². The molecule has 1 aromatic heterocycles. The Hall–Kier alpha value is -1.68. The second kappa shape index (κ2) is 5.51. The Labute approximate surface area is 133 Å². The zero-order valence-corrected chi connectivity index (χ0v) is 13.1. The van der Waals surface area contributed by atoms with E-state index in [2.05, 4.69) is 11.4 Å². The highest BCUT2D eigenvalue weighted by atomic mass is 32.1. The lowest BCUT2D eigenvalue weighted by Crippen LogP contribution is -2.47. The topological polar surface area (TPSA) is 20.3 Å². The van der Waals surface area contributed by atoms with Crippen molar-refractivity contribution in [3.05, 3.63) is 46.7 Å². The lowest BCUT2D eigenvalue weighted by molar-refractivity contribution is 0.0479. The van der Waals surface area contributed by atoms with Gasteiger partial charge >= 0.3 is 0 Å². The zero-order valence-electron chi connectivity index (χ0n) is 12.2. The summed E-state index contributed by atoms with van der Waals surface area (Å²) < 4.78 is 13.6. The van der Waals surface area contributed by atoms with E-state index in [0.29, 0.717) is 18.4 Å². The minimum absolute atomic E-state index is 0.0660. The predicted molar refractivity (Wildman–Crippen MR) is 86.9 cm³/mol. The van der Waals surface area contributed by atoms with Gasteiger partial charge in [-0.05, 0) is 65.8 Å². The van der Waals surface area contributed by atoms with Gasteiger partial charge in [0.25, 0.3) is 5.91 Å². The van der Waals surface area contributed by atoms with Crippen LogP contribution in [-0.2, 0) is 0 Å². The Morgan fingerprint density at radius 2 is 1.73 bits per heavy atom. The number of carbonyl (C=O) groups excluding carboxylic acids is 1. The zero-order chi connectivity index (χ0) is 15.1. The maximum Gasteiger partial charge on any atom is 0.254 e. The van der Waals surface area contributed by atoms with E-state index < -0.39 is 6.17 Å². The van der Waals surface area contributed by atoms with Crippen LogP contribution in [0.25, 0.3) is 11.1 Å². The van der Waals surface area contributed by atoms with Crippen LogP contribution in [0, 0.1) is 0 Å². The van der Waals surface area contributed by atoms with Gasteiger partial charge in [-0.3, -0.25) is 4.79 Å². The number of alkyl halides is 1. The fraction of sp³-hybridized carbons (Fsp3) is 0.389. The summed E-state index contributed by atoms with van der Waals surface area (Å²) in [7, 11) is 0. The van der Waals surface area contributed by atoms with Gasteiger partial charge in [0, 0.05) is 17.6 Å². The highest BCUT2D eigenvalue weighted by Crippen LogP contribution is 2.38. The molecule has 22 heavy (non-hydrogen) atoms. The smallest absolute Gasteiger partial charge is 0.254 e. The molecule has 0 N–H and O–H groups in total. The van der Waals surface area contributed by atoms with Crippen molar-refractivity contribution in [1.29, 1.82) is 0 Å². The van der Waals surface area contributed by atoms with Crippen LogP contribution >= 0.6 is 11.3 Å². The number of rotatable bonds is 2.